The van der Waals surface area contributed by atoms with Crippen LogP contribution in [0.4, 0.5) is 34.1 Å². The minimum atomic E-state index is -0.0901. The molecule has 0 fully saturated rings. The summed E-state index contributed by atoms with van der Waals surface area (Å²) >= 11 is 0. The Bertz CT molecular complexity index is 4430. The van der Waals surface area contributed by atoms with Crippen molar-refractivity contribution in [2.45, 2.75) is 105 Å². The molecule has 0 saturated heterocycles. The smallest absolute Gasteiger partial charge is 0.252 e. The van der Waals surface area contributed by atoms with E-state index in [1.807, 2.05) is 0 Å². The van der Waals surface area contributed by atoms with Gasteiger partial charge in [0.25, 0.3) is 6.71 Å². The fourth-order valence-electron chi connectivity index (χ4n) is 14.1. The maximum absolute atomic E-state index is 2.55. The maximum Gasteiger partial charge on any atom is 0.252 e. The van der Waals surface area contributed by atoms with E-state index in [0.29, 0.717) is 0 Å². The maximum atomic E-state index is 2.55. The van der Waals surface area contributed by atoms with Crippen molar-refractivity contribution in [3.63, 3.8) is 0 Å². The van der Waals surface area contributed by atoms with E-state index in [2.05, 4.69) is 339 Å². The molecule has 0 spiro atoms. The third-order valence-corrected chi connectivity index (χ3v) is 18.9. The Morgan fingerprint density at radius 3 is 0.862 bits per heavy atom. The standard InChI is InChI=1S/C82H75BN4/c1-79(2,3)56-30-42-70-64(46-56)65-47-57(80(4,5)6)31-43-71(65)86(70)62-38-40-68-76(50-62)84(60-34-26-54(27-35-60)52-20-15-13-16-21-52)74-24-19-25-75-78(74)83(68)69-41-39-63(51-77(69)85(75)61-36-28-55(29-37-61)53-22-17-14-18-23-53)87-72-44-32-58(81(7,8)9)48-66(72)67-49-59(82(10,11)12)33-45-73(67)87/h13-51H,1-12H3. The number of fused-ring (bicyclic) bond motifs is 10. The fraction of sp³-hybridized carbons (Fsp3) is 0.195. The van der Waals surface area contributed by atoms with Crippen LogP contribution in [0, 0.1) is 0 Å². The van der Waals surface area contributed by atoms with Crippen LogP contribution in [-0.4, -0.2) is 15.8 Å². The number of rotatable bonds is 6. The van der Waals surface area contributed by atoms with Gasteiger partial charge in [-0.25, -0.2) is 0 Å². The van der Waals surface area contributed by atoms with Crippen LogP contribution >= 0.6 is 0 Å². The van der Waals surface area contributed by atoms with Crippen molar-refractivity contribution in [1.82, 2.24) is 9.13 Å². The molecule has 0 bridgehead atoms. The van der Waals surface area contributed by atoms with E-state index in [4.69, 9.17) is 0 Å². The van der Waals surface area contributed by atoms with Gasteiger partial charge in [0.15, 0.2) is 0 Å². The van der Waals surface area contributed by atoms with Crippen molar-refractivity contribution in [3.05, 3.63) is 259 Å². The summed E-state index contributed by atoms with van der Waals surface area (Å²) in [5, 5.41) is 5.13. The highest BCUT2D eigenvalue weighted by atomic mass is 15.2. The average molecular weight is 1130 g/mol. The van der Waals surface area contributed by atoms with Crippen LogP contribution in [0.15, 0.2) is 237 Å². The van der Waals surface area contributed by atoms with Crippen molar-refractivity contribution in [2.24, 2.45) is 0 Å². The Kier molecular flexibility index (Phi) is 12.2. The molecule has 0 amide bonds. The van der Waals surface area contributed by atoms with Gasteiger partial charge in [-0.3, -0.25) is 0 Å². The number of nitrogens with zero attached hydrogens (tertiary/aromatic N) is 4. The molecule has 0 atom stereocenters. The van der Waals surface area contributed by atoms with Crippen molar-refractivity contribution in [2.75, 3.05) is 9.80 Å². The molecule has 11 aromatic carbocycles. The van der Waals surface area contributed by atoms with Crippen LogP contribution in [-0.2, 0) is 21.7 Å². The summed E-state index contributed by atoms with van der Waals surface area (Å²) in [5.74, 6) is 0. The number of anilines is 6. The van der Waals surface area contributed by atoms with Gasteiger partial charge >= 0.3 is 0 Å². The summed E-state index contributed by atoms with van der Waals surface area (Å²) in [6.45, 7) is 27.8. The Hall–Kier alpha value is -9.32. The van der Waals surface area contributed by atoms with Crippen molar-refractivity contribution >= 4 is 101 Å². The summed E-state index contributed by atoms with van der Waals surface area (Å²) in [7, 11) is 0. The molecule has 0 aliphatic carbocycles. The summed E-state index contributed by atoms with van der Waals surface area (Å²) in [6.07, 6.45) is 0. The summed E-state index contributed by atoms with van der Waals surface area (Å²) in [5.41, 5.74) is 27.9. The highest BCUT2D eigenvalue weighted by Gasteiger charge is 2.44. The van der Waals surface area contributed by atoms with E-state index in [0.717, 1.165) is 22.7 Å². The van der Waals surface area contributed by atoms with Crippen LogP contribution < -0.4 is 26.2 Å². The predicted octanol–water partition coefficient (Wildman–Crippen LogP) is 20.5. The Morgan fingerprint density at radius 1 is 0.253 bits per heavy atom. The van der Waals surface area contributed by atoms with Gasteiger partial charge in [-0.1, -0.05) is 210 Å². The van der Waals surface area contributed by atoms with Gasteiger partial charge in [-0.05, 0) is 192 Å². The van der Waals surface area contributed by atoms with Gasteiger partial charge in [-0.2, -0.15) is 0 Å². The van der Waals surface area contributed by atoms with Gasteiger partial charge in [0.1, 0.15) is 0 Å². The summed E-state index contributed by atoms with van der Waals surface area (Å²) < 4.78 is 5.05. The lowest BCUT2D eigenvalue weighted by atomic mass is 9.33. The highest BCUT2D eigenvalue weighted by molar-refractivity contribution is 7.00. The van der Waals surface area contributed by atoms with Crippen molar-refractivity contribution in [3.8, 4) is 33.6 Å². The Labute approximate surface area is 514 Å². The molecule has 4 heterocycles. The minimum absolute atomic E-state index is 0.00706. The topological polar surface area (TPSA) is 16.3 Å². The lowest BCUT2D eigenvalue weighted by Gasteiger charge is -2.44. The van der Waals surface area contributed by atoms with E-state index in [-0.39, 0.29) is 28.4 Å². The number of hydrogen-bond acceptors (Lipinski definition) is 2. The molecule has 426 valence electrons. The average Bonchev–Trinajstić information content (AvgIpc) is 1.22. The Morgan fingerprint density at radius 2 is 0.552 bits per heavy atom. The quantitative estimate of drug-likeness (QED) is 0.154. The molecule has 0 saturated carbocycles. The molecule has 13 aromatic rings. The largest absolute Gasteiger partial charge is 0.311 e. The molecule has 87 heavy (non-hydrogen) atoms. The normalized spacial score (nSPS) is 13.4. The second-order valence-corrected chi connectivity index (χ2v) is 28.7. The first-order valence-electron chi connectivity index (χ1n) is 31.2. The van der Waals surface area contributed by atoms with E-state index in [1.165, 1.54) is 127 Å². The SMILES string of the molecule is CC(C)(C)c1ccc2c(c1)c1cc(C(C)(C)C)ccc1n2-c1ccc2c(c1)N(c1ccc(-c3ccccc3)cc1)c1cccc3c1B2c1ccc(-n2c4ccc(C(C)(C)C)cc4c4cc(C(C)(C)C)ccc42)cc1N3c1ccc(-c2ccccc2)cc1. The number of hydrogen-bond donors (Lipinski definition) is 0. The molecule has 2 aliphatic rings. The fourth-order valence-corrected chi connectivity index (χ4v) is 14.1. The van der Waals surface area contributed by atoms with E-state index in [9.17, 15) is 0 Å². The van der Waals surface area contributed by atoms with Crippen LogP contribution in [0.5, 0.6) is 0 Å². The lowest BCUT2D eigenvalue weighted by Crippen LogP contribution is -2.61. The second-order valence-electron chi connectivity index (χ2n) is 28.7. The predicted molar refractivity (Wildman–Crippen MR) is 375 cm³/mol. The van der Waals surface area contributed by atoms with Gasteiger partial charge < -0.3 is 18.9 Å². The lowest BCUT2D eigenvalue weighted by molar-refractivity contribution is 0.590. The zero-order chi connectivity index (χ0) is 60.1. The Balaban J connectivity index is 0.989. The number of aromatic nitrogens is 2. The molecule has 2 aliphatic heterocycles. The molecule has 15 rings (SSSR count). The molecule has 0 radical (unpaired) electrons. The summed E-state index contributed by atoms with van der Waals surface area (Å²) in [6, 6.07) is 90.3. The number of benzene rings is 11. The van der Waals surface area contributed by atoms with Gasteiger partial charge in [0.05, 0.1) is 22.1 Å². The van der Waals surface area contributed by atoms with E-state index in [1.54, 1.807) is 0 Å². The minimum Gasteiger partial charge on any atom is -0.311 e. The molecule has 4 nitrogen and oxygen atoms in total. The van der Waals surface area contributed by atoms with E-state index < -0.39 is 0 Å². The molecule has 5 heteroatoms. The van der Waals surface area contributed by atoms with Crippen LogP contribution in [0.25, 0.3) is 77.2 Å². The second kappa shape index (κ2) is 19.6. The third kappa shape index (κ3) is 8.94. The van der Waals surface area contributed by atoms with Crippen molar-refractivity contribution < 1.29 is 0 Å². The first-order valence-corrected chi connectivity index (χ1v) is 31.2. The monoisotopic (exact) mass is 1130 g/mol. The van der Waals surface area contributed by atoms with Crippen LogP contribution in [0.1, 0.15) is 105 Å². The molecular weight excluding hydrogens is 1050 g/mol. The highest BCUT2D eigenvalue weighted by Crippen LogP contribution is 2.48. The molecule has 0 N–H and O–H groups in total. The van der Waals surface area contributed by atoms with Gasteiger partial charge in [0.2, 0.25) is 0 Å². The molecule has 0 unspecified atom stereocenters. The van der Waals surface area contributed by atoms with Gasteiger partial charge in [0, 0.05) is 67.0 Å². The summed E-state index contributed by atoms with van der Waals surface area (Å²) in [4.78, 5) is 5.11. The van der Waals surface area contributed by atoms with Gasteiger partial charge in [-0.15, -0.1) is 0 Å². The zero-order valence-corrected chi connectivity index (χ0v) is 52.4. The third-order valence-electron chi connectivity index (χ3n) is 18.9. The molecule has 2 aromatic heterocycles. The van der Waals surface area contributed by atoms with Crippen LogP contribution in [0.3, 0.4) is 0 Å². The van der Waals surface area contributed by atoms with Crippen molar-refractivity contribution in [1.29, 1.82) is 0 Å². The first kappa shape index (κ1) is 54.3. The van der Waals surface area contributed by atoms with Crippen LogP contribution in [0.2, 0.25) is 0 Å². The zero-order valence-electron chi connectivity index (χ0n) is 52.4. The molecular formula is C82H75BN4. The first-order chi connectivity index (χ1) is 41.7. The van der Waals surface area contributed by atoms with E-state index >= 15 is 0 Å².